The molecule has 3 atom stereocenters. The Labute approximate surface area is 223 Å². The molecule has 3 aliphatic rings. The fourth-order valence-electron chi connectivity index (χ4n) is 5.51. The first kappa shape index (κ1) is 25.5. The van der Waals surface area contributed by atoms with Crippen molar-refractivity contribution in [2.24, 2.45) is 0 Å². The van der Waals surface area contributed by atoms with Crippen molar-refractivity contribution in [1.29, 1.82) is 0 Å². The molecule has 0 radical (unpaired) electrons. The number of fused-ring (bicyclic) bond motifs is 2. The third-order valence-corrected chi connectivity index (χ3v) is 7.66. The van der Waals surface area contributed by atoms with Crippen LogP contribution in [-0.2, 0) is 9.47 Å². The largest absolute Gasteiger partial charge is 0.474 e. The van der Waals surface area contributed by atoms with Gasteiger partial charge < -0.3 is 25.3 Å². The molecule has 0 aliphatic carbocycles. The maximum atomic E-state index is 15.4. The second-order valence-electron chi connectivity index (χ2n) is 10.1. The van der Waals surface area contributed by atoms with E-state index in [0.29, 0.717) is 67.2 Å². The molecule has 206 valence electrons. The van der Waals surface area contributed by atoms with E-state index in [9.17, 15) is 9.18 Å². The summed E-state index contributed by atoms with van der Waals surface area (Å²) in [5.41, 5.74) is 8.40. The molecule has 2 saturated heterocycles. The minimum Gasteiger partial charge on any atom is -0.474 e. The Balaban J connectivity index is 1.20. The van der Waals surface area contributed by atoms with E-state index >= 15 is 4.39 Å². The third-order valence-electron chi connectivity index (χ3n) is 7.66. The van der Waals surface area contributed by atoms with Crippen LogP contribution < -0.4 is 21.1 Å². The number of hydrogen-bond acceptors (Lipinski definition) is 9. The number of rotatable bonds is 4. The van der Waals surface area contributed by atoms with Crippen molar-refractivity contribution in [2.75, 3.05) is 55.8 Å². The summed E-state index contributed by atoms with van der Waals surface area (Å²) >= 11 is 0. The average molecular weight is 541 g/mol. The Morgan fingerprint density at radius 2 is 2.10 bits per heavy atom. The molecule has 3 aliphatic heterocycles. The molecule has 2 aromatic heterocycles. The number of halogens is 2. The van der Waals surface area contributed by atoms with Crippen LogP contribution in [0.2, 0.25) is 0 Å². The summed E-state index contributed by atoms with van der Waals surface area (Å²) in [7, 11) is 0. The summed E-state index contributed by atoms with van der Waals surface area (Å²) < 4.78 is 46.6. The summed E-state index contributed by atoms with van der Waals surface area (Å²) in [6.45, 7) is 5.11. The van der Waals surface area contributed by atoms with Crippen LogP contribution in [0.4, 0.5) is 30.8 Å². The summed E-state index contributed by atoms with van der Waals surface area (Å²) in [5, 5.41) is 6.77. The predicted octanol–water partition coefficient (Wildman–Crippen LogP) is 3.88. The van der Waals surface area contributed by atoms with Gasteiger partial charge in [-0.05, 0) is 36.4 Å². The number of benzene rings is 1. The van der Waals surface area contributed by atoms with Gasteiger partial charge in [0.15, 0.2) is 5.82 Å². The number of nitrogens with zero attached hydrogens (tertiary/aromatic N) is 3. The first-order chi connectivity index (χ1) is 18.9. The number of ether oxygens (including phenoxy) is 3. The average Bonchev–Trinajstić information content (AvgIpc) is 3.48. The van der Waals surface area contributed by atoms with Crippen LogP contribution >= 0.6 is 0 Å². The standard InChI is InChI=1S/C27H30F2N6O4/c1-14-18(10-33-26-25(14)31-4-7-38-26)17-8-15-9-22(32-11-19(15)24(30)23(17)29)34-27(36)39-21-2-5-35(12-20(21)28)16-3-6-37-13-16/h8-11,16,20-21,31H,2-7,12-13,30H2,1H3,(H,32,34,36)/t16-,20-,21-/m1/s1. The zero-order valence-electron chi connectivity index (χ0n) is 21.5. The van der Waals surface area contributed by atoms with Crippen molar-refractivity contribution >= 4 is 34.1 Å². The number of amides is 1. The Morgan fingerprint density at radius 1 is 1.23 bits per heavy atom. The Morgan fingerprint density at radius 3 is 2.90 bits per heavy atom. The number of nitrogen functional groups attached to an aromatic ring is 1. The number of likely N-dealkylation sites (tertiary alicyclic amines) is 1. The summed E-state index contributed by atoms with van der Waals surface area (Å²) in [5.74, 6) is 0.0610. The van der Waals surface area contributed by atoms with Gasteiger partial charge in [-0.25, -0.2) is 23.5 Å². The van der Waals surface area contributed by atoms with E-state index in [1.54, 1.807) is 18.3 Å². The minimum absolute atomic E-state index is 0.0647. The van der Waals surface area contributed by atoms with E-state index in [4.69, 9.17) is 19.9 Å². The lowest BCUT2D eigenvalue weighted by molar-refractivity contribution is -0.0161. The number of nitrogens with two attached hydrogens (primary N) is 1. The molecule has 10 nitrogen and oxygen atoms in total. The highest BCUT2D eigenvalue weighted by Gasteiger charge is 2.36. The molecular formula is C27H30F2N6O4. The molecule has 3 aromatic rings. The topological polar surface area (TPSA) is 124 Å². The lowest BCUT2D eigenvalue weighted by Gasteiger charge is -2.37. The van der Waals surface area contributed by atoms with Crippen LogP contribution in [0.25, 0.3) is 21.9 Å². The van der Waals surface area contributed by atoms with E-state index in [1.165, 1.54) is 6.20 Å². The van der Waals surface area contributed by atoms with Crippen LogP contribution in [0, 0.1) is 12.7 Å². The lowest BCUT2D eigenvalue weighted by Crippen LogP contribution is -2.50. The van der Waals surface area contributed by atoms with Gasteiger partial charge in [-0.2, -0.15) is 0 Å². The first-order valence-corrected chi connectivity index (χ1v) is 13.1. The van der Waals surface area contributed by atoms with Crippen molar-refractivity contribution in [3.05, 3.63) is 35.9 Å². The van der Waals surface area contributed by atoms with Gasteiger partial charge in [0.2, 0.25) is 5.88 Å². The number of nitrogens with one attached hydrogen (secondary N) is 2. The Bertz CT molecular complexity index is 1420. The molecule has 12 heteroatoms. The Kier molecular flexibility index (Phi) is 6.81. The van der Waals surface area contributed by atoms with E-state index in [1.807, 2.05) is 6.92 Å². The number of aromatic nitrogens is 2. The van der Waals surface area contributed by atoms with E-state index in [2.05, 4.69) is 25.5 Å². The molecule has 4 N–H and O–H groups in total. The number of pyridine rings is 2. The van der Waals surface area contributed by atoms with Crippen molar-refractivity contribution < 1.29 is 27.8 Å². The monoisotopic (exact) mass is 540 g/mol. The van der Waals surface area contributed by atoms with Crippen molar-refractivity contribution in [2.45, 2.75) is 38.1 Å². The highest BCUT2D eigenvalue weighted by atomic mass is 19.1. The molecule has 0 unspecified atom stereocenters. The van der Waals surface area contributed by atoms with Gasteiger partial charge in [0.1, 0.15) is 30.4 Å². The van der Waals surface area contributed by atoms with Crippen molar-refractivity contribution in [3.8, 4) is 17.0 Å². The fourth-order valence-corrected chi connectivity index (χ4v) is 5.51. The zero-order valence-corrected chi connectivity index (χ0v) is 21.5. The number of carbonyl (C=O) groups excluding carboxylic acids is 1. The molecule has 2 fully saturated rings. The number of carbonyl (C=O) groups is 1. The van der Waals surface area contributed by atoms with Gasteiger partial charge in [-0.3, -0.25) is 10.2 Å². The van der Waals surface area contributed by atoms with E-state index < -0.39 is 24.2 Å². The Hall–Kier alpha value is -3.77. The molecule has 0 spiro atoms. The van der Waals surface area contributed by atoms with Crippen LogP contribution in [-0.4, -0.2) is 78.7 Å². The number of anilines is 3. The number of alkyl halides is 1. The van der Waals surface area contributed by atoms with Gasteiger partial charge in [-0.1, -0.05) is 0 Å². The predicted molar refractivity (Wildman–Crippen MR) is 142 cm³/mol. The summed E-state index contributed by atoms with van der Waals surface area (Å²) in [4.78, 5) is 23.2. The van der Waals surface area contributed by atoms with Crippen LogP contribution in [0.5, 0.6) is 5.88 Å². The summed E-state index contributed by atoms with van der Waals surface area (Å²) in [6.07, 6.45) is 1.27. The van der Waals surface area contributed by atoms with E-state index in [-0.39, 0.29) is 29.7 Å². The molecule has 0 saturated carbocycles. The van der Waals surface area contributed by atoms with Gasteiger partial charge in [-0.15, -0.1) is 0 Å². The third kappa shape index (κ3) is 4.89. The zero-order chi connectivity index (χ0) is 27.1. The second-order valence-corrected chi connectivity index (χ2v) is 10.1. The van der Waals surface area contributed by atoms with Gasteiger partial charge >= 0.3 is 6.09 Å². The van der Waals surface area contributed by atoms with Gasteiger partial charge in [0.05, 0.1) is 12.3 Å². The maximum Gasteiger partial charge on any atom is 0.413 e. The second kappa shape index (κ2) is 10.4. The minimum atomic E-state index is -1.30. The van der Waals surface area contributed by atoms with Crippen molar-refractivity contribution in [3.63, 3.8) is 0 Å². The lowest BCUT2D eigenvalue weighted by atomic mass is 9.97. The fraction of sp³-hybridized carbons (Fsp3) is 0.444. The first-order valence-electron chi connectivity index (χ1n) is 13.1. The smallest absolute Gasteiger partial charge is 0.413 e. The van der Waals surface area contributed by atoms with Crippen LogP contribution in [0.3, 0.4) is 0 Å². The molecular weight excluding hydrogens is 510 g/mol. The highest BCUT2D eigenvalue weighted by molar-refractivity contribution is 5.99. The molecule has 39 heavy (non-hydrogen) atoms. The van der Waals surface area contributed by atoms with Crippen LogP contribution in [0.15, 0.2) is 24.5 Å². The SMILES string of the molecule is Cc1c(-c2cc3cc(NC(=O)O[C@@H]4CCN([C@@H]5CCOC5)C[C@H]4F)ncc3c(N)c2F)cnc2c1NCCO2. The molecule has 0 bridgehead atoms. The molecule has 6 rings (SSSR count). The van der Waals surface area contributed by atoms with E-state index in [0.717, 1.165) is 12.0 Å². The van der Waals surface area contributed by atoms with Gasteiger partial charge in [0.25, 0.3) is 0 Å². The quantitative estimate of drug-likeness (QED) is 0.423. The van der Waals surface area contributed by atoms with Crippen LogP contribution in [0.1, 0.15) is 18.4 Å². The molecule has 5 heterocycles. The normalized spacial score (nSPS) is 23.1. The number of hydrogen-bond donors (Lipinski definition) is 3. The number of piperidine rings is 1. The molecule has 1 aromatic carbocycles. The maximum absolute atomic E-state index is 15.4. The van der Waals surface area contributed by atoms with Crippen molar-refractivity contribution in [1.82, 2.24) is 14.9 Å². The molecule has 1 amide bonds. The highest BCUT2D eigenvalue weighted by Crippen LogP contribution is 2.39. The summed E-state index contributed by atoms with van der Waals surface area (Å²) in [6, 6.07) is 3.43. The van der Waals surface area contributed by atoms with Gasteiger partial charge in [0, 0.05) is 67.6 Å².